The zero-order valence-corrected chi connectivity index (χ0v) is 11.2. The number of sulfonamides is 1. The highest BCUT2D eigenvalue weighted by atomic mass is 32.2. The third-order valence-electron chi connectivity index (χ3n) is 2.18. The van der Waals surface area contributed by atoms with Crippen LogP contribution in [-0.4, -0.2) is 15.0 Å². The largest absolute Gasteiger partial charge is 0.469 e. The summed E-state index contributed by atoms with van der Waals surface area (Å²) in [4.78, 5) is 7.04. The summed E-state index contributed by atoms with van der Waals surface area (Å²) < 4.78 is 28.7. The molecule has 0 aliphatic heterocycles. The van der Waals surface area contributed by atoms with Gasteiger partial charge in [0, 0.05) is 6.42 Å². The SMILES string of the molecule is O=S(=O)(NOCCCc1ccco1)c1cccs1. The van der Waals surface area contributed by atoms with Crippen LogP contribution in [0, 0.1) is 0 Å². The first-order valence-corrected chi connectivity index (χ1v) is 7.74. The van der Waals surface area contributed by atoms with Crippen molar-refractivity contribution in [2.24, 2.45) is 0 Å². The Bertz CT molecular complexity index is 546. The Morgan fingerprint density at radius 2 is 2.22 bits per heavy atom. The molecule has 18 heavy (non-hydrogen) atoms. The Labute approximate surface area is 109 Å². The molecule has 2 aromatic rings. The van der Waals surface area contributed by atoms with Crippen LogP contribution in [0.2, 0.25) is 0 Å². The fourth-order valence-electron chi connectivity index (χ4n) is 1.35. The van der Waals surface area contributed by atoms with Crippen molar-refractivity contribution in [1.82, 2.24) is 4.89 Å². The lowest BCUT2D eigenvalue weighted by atomic mass is 10.3. The topological polar surface area (TPSA) is 68.5 Å². The van der Waals surface area contributed by atoms with Crippen molar-refractivity contribution >= 4 is 21.4 Å². The molecule has 2 heterocycles. The fraction of sp³-hybridized carbons (Fsp3) is 0.273. The molecule has 98 valence electrons. The summed E-state index contributed by atoms with van der Waals surface area (Å²) in [5.74, 6) is 0.861. The molecule has 0 unspecified atom stereocenters. The molecule has 0 saturated heterocycles. The molecule has 0 amide bonds. The lowest BCUT2D eigenvalue weighted by molar-refractivity contribution is 0.0907. The molecule has 5 nitrogen and oxygen atoms in total. The standard InChI is InChI=1S/C11H13NO4S2/c13-18(14,11-6-3-9-17-11)12-16-8-2-5-10-4-1-7-15-10/h1,3-4,6-7,9,12H,2,5,8H2. The van der Waals surface area contributed by atoms with Crippen LogP contribution < -0.4 is 4.89 Å². The van der Waals surface area contributed by atoms with Gasteiger partial charge in [-0.1, -0.05) is 11.0 Å². The minimum absolute atomic E-state index is 0.244. The van der Waals surface area contributed by atoms with Crippen molar-refractivity contribution in [1.29, 1.82) is 0 Å². The predicted molar refractivity (Wildman–Crippen MR) is 67.6 cm³/mol. The number of aryl methyl sites for hydroxylation is 1. The van der Waals surface area contributed by atoms with Crippen molar-refractivity contribution in [3.05, 3.63) is 41.7 Å². The Morgan fingerprint density at radius 1 is 1.33 bits per heavy atom. The highest BCUT2D eigenvalue weighted by Gasteiger charge is 2.14. The molecule has 0 atom stereocenters. The second-order valence-corrected chi connectivity index (χ2v) is 6.37. The fourth-order valence-corrected chi connectivity index (χ4v) is 3.15. The summed E-state index contributed by atoms with van der Waals surface area (Å²) in [6.07, 6.45) is 3.00. The molecule has 0 spiro atoms. The molecule has 0 aliphatic carbocycles. The van der Waals surface area contributed by atoms with Crippen LogP contribution in [0.5, 0.6) is 0 Å². The maximum atomic E-state index is 11.6. The monoisotopic (exact) mass is 287 g/mol. The molecule has 0 aromatic carbocycles. The van der Waals surface area contributed by atoms with Gasteiger partial charge < -0.3 is 4.42 Å². The normalized spacial score (nSPS) is 11.8. The average molecular weight is 287 g/mol. The first-order chi connectivity index (χ1) is 8.68. The number of thiophene rings is 1. The van der Waals surface area contributed by atoms with Gasteiger partial charge in [-0.25, -0.2) is 8.42 Å². The lowest BCUT2D eigenvalue weighted by Gasteiger charge is -2.04. The number of furan rings is 1. The van der Waals surface area contributed by atoms with E-state index in [1.54, 1.807) is 17.7 Å². The highest BCUT2D eigenvalue weighted by molar-refractivity contribution is 7.91. The van der Waals surface area contributed by atoms with Crippen LogP contribution >= 0.6 is 11.3 Å². The summed E-state index contributed by atoms with van der Waals surface area (Å²) in [7, 11) is -3.53. The van der Waals surface area contributed by atoms with Crippen molar-refractivity contribution in [2.75, 3.05) is 6.61 Å². The van der Waals surface area contributed by atoms with Gasteiger partial charge in [-0.2, -0.15) is 0 Å². The Kier molecular flexibility index (Phi) is 4.54. The Hall–Kier alpha value is -1.15. The van der Waals surface area contributed by atoms with Crippen molar-refractivity contribution in [3.8, 4) is 0 Å². The van der Waals surface area contributed by atoms with Gasteiger partial charge in [0.1, 0.15) is 9.97 Å². The summed E-state index contributed by atoms with van der Waals surface area (Å²) in [6, 6.07) is 6.89. The maximum absolute atomic E-state index is 11.6. The molecule has 0 fully saturated rings. The summed E-state index contributed by atoms with van der Waals surface area (Å²) >= 11 is 1.15. The van der Waals surface area contributed by atoms with Crippen LogP contribution in [-0.2, 0) is 21.3 Å². The Balaban J connectivity index is 1.69. The summed E-state index contributed by atoms with van der Waals surface area (Å²) in [6.45, 7) is 0.297. The van der Waals surface area contributed by atoms with Crippen LogP contribution in [0.3, 0.4) is 0 Å². The molecule has 1 N–H and O–H groups in total. The van der Waals surface area contributed by atoms with Crippen molar-refractivity contribution < 1.29 is 17.7 Å². The van der Waals surface area contributed by atoms with Crippen LogP contribution in [0.25, 0.3) is 0 Å². The number of nitrogens with one attached hydrogen (secondary N) is 1. The minimum Gasteiger partial charge on any atom is -0.469 e. The molecular weight excluding hydrogens is 274 g/mol. The molecular formula is C11H13NO4S2. The van der Waals surface area contributed by atoms with E-state index >= 15 is 0 Å². The molecule has 2 aromatic heterocycles. The minimum atomic E-state index is -3.53. The van der Waals surface area contributed by atoms with Gasteiger partial charge in [0.05, 0.1) is 12.9 Å². The van der Waals surface area contributed by atoms with E-state index in [2.05, 4.69) is 4.89 Å². The van der Waals surface area contributed by atoms with Gasteiger partial charge in [-0.3, -0.25) is 4.84 Å². The number of rotatable bonds is 7. The van der Waals surface area contributed by atoms with Gasteiger partial charge in [0.25, 0.3) is 10.0 Å². The molecule has 0 aliphatic rings. The number of hydrogen-bond acceptors (Lipinski definition) is 5. The van der Waals surface area contributed by atoms with E-state index in [-0.39, 0.29) is 4.21 Å². The van der Waals surface area contributed by atoms with Gasteiger partial charge in [0.15, 0.2) is 0 Å². The lowest BCUT2D eigenvalue weighted by Crippen LogP contribution is -2.23. The molecule has 0 saturated carbocycles. The van der Waals surface area contributed by atoms with E-state index in [9.17, 15) is 8.42 Å². The van der Waals surface area contributed by atoms with Gasteiger partial charge >= 0.3 is 0 Å². The maximum Gasteiger partial charge on any atom is 0.271 e. The quantitative estimate of drug-likeness (QED) is 0.626. The van der Waals surface area contributed by atoms with E-state index in [1.165, 1.54) is 6.07 Å². The van der Waals surface area contributed by atoms with E-state index in [0.717, 1.165) is 17.1 Å². The average Bonchev–Trinajstić information content (AvgIpc) is 3.02. The van der Waals surface area contributed by atoms with E-state index < -0.39 is 10.0 Å². The highest BCUT2D eigenvalue weighted by Crippen LogP contribution is 2.15. The number of hydrogen-bond donors (Lipinski definition) is 1. The third-order valence-corrected chi connectivity index (χ3v) is 4.79. The van der Waals surface area contributed by atoms with Crippen molar-refractivity contribution in [2.45, 2.75) is 17.1 Å². The van der Waals surface area contributed by atoms with E-state index in [0.29, 0.717) is 19.4 Å². The van der Waals surface area contributed by atoms with Crippen LogP contribution in [0.4, 0.5) is 0 Å². The molecule has 0 radical (unpaired) electrons. The predicted octanol–water partition coefficient (Wildman–Crippen LogP) is 2.18. The summed E-state index contributed by atoms with van der Waals surface area (Å²) in [5, 5.41) is 1.70. The van der Waals surface area contributed by atoms with Gasteiger partial charge in [-0.15, -0.1) is 11.3 Å². The smallest absolute Gasteiger partial charge is 0.271 e. The molecule has 2 rings (SSSR count). The van der Waals surface area contributed by atoms with Crippen LogP contribution in [0.15, 0.2) is 44.5 Å². The molecule has 0 bridgehead atoms. The molecule has 7 heteroatoms. The second kappa shape index (κ2) is 6.14. The Morgan fingerprint density at radius 3 is 2.89 bits per heavy atom. The zero-order valence-electron chi connectivity index (χ0n) is 9.53. The van der Waals surface area contributed by atoms with Gasteiger partial charge in [0.2, 0.25) is 0 Å². The van der Waals surface area contributed by atoms with Gasteiger partial charge in [-0.05, 0) is 30.0 Å². The van der Waals surface area contributed by atoms with Crippen molar-refractivity contribution in [3.63, 3.8) is 0 Å². The van der Waals surface area contributed by atoms with E-state index in [1.807, 2.05) is 12.1 Å². The second-order valence-electron chi connectivity index (χ2n) is 3.55. The summed E-state index contributed by atoms with van der Waals surface area (Å²) in [5.41, 5.74) is 0. The first kappa shape index (κ1) is 13.3. The zero-order chi connectivity index (χ0) is 12.8. The third kappa shape index (κ3) is 3.67. The van der Waals surface area contributed by atoms with Crippen LogP contribution in [0.1, 0.15) is 12.2 Å². The van der Waals surface area contributed by atoms with E-state index in [4.69, 9.17) is 9.25 Å². The first-order valence-electron chi connectivity index (χ1n) is 5.38.